The van der Waals surface area contributed by atoms with E-state index in [4.69, 9.17) is 0 Å². The normalized spacial score (nSPS) is 10.3. The summed E-state index contributed by atoms with van der Waals surface area (Å²) >= 11 is 1.60. The summed E-state index contributed by atoms with van der Waals surface area (Å²) in [6, 6.07) is 1.81. The minimum atomic E-state index is -0.236. The summed E-state index contributed by atoms with van der Waals surface area (Å²) in [4.78, 5) is 12.3. The maximum atomic E-state index is 11.2. The molecule has 0 radical (unpaired) electrons. The van der Waals surface area contributed by atoms with Crippen LogP contribution in [0, 0.1) is 0 Å². The third-order valence-corrected chi connectivity index (χ3v) is 2.84. The second kappa shape index (κ2) is 3.72. The van der Waals surface area contributed by atoms with Crippen LogP contribution in [0.3, 0.4) is 0 Å². The first-order chi connectivity index (χ1) is 5.66. The van der Waals surface area contributed by atoms with E-state index < -0.39 is 0 Å². The van der Waals surface area contributed by atoms with Crippen molar-refractivity contribution in [3.8, 4) is 0 Å². The van der Waals surface area contributed by atoms with Crippen LogP contribution in [0.4, 0.5) is 0 Å². The Morgan fingerprint density at radius 3 is 2.75 bits per heavy atom. The molecular weight excluding hydrogens is 172 g/mol. The lowest BCUT2D eigenvalue weighted by molar-refractivity contribution is 0.0600. The number of ether oxygens (including phenoxy) is 1. The molecular formula is C9H12O2S. The highest BCUT2D eigenvalue weighted by Crippen LogP contribution is 2.25. The zero-order valence-electron chi connectivity index (χ0n) is 7.46. The molecule has 0 aromatic carbocycles. The van der Waals surface area contributed by atoms with Crippen LogP contribution in [0.15, 0.2) is 11.4 Å². The molecule has 0 atom stereocenters. The highest BCUT2D eigenvalue weighted by atomic mass is 32.1. The van der Waals surface area contributed by atoms with Crippen molar-refractivity contribution in [2.75, 3.05) is 7.11 Å². The fourth-order valence-electron chi connectivity index (χ4n) is 1.05. The quantitative estimate of drug-likeness (QED) is 0.660. The number of methoxy groups -OCH3 is 1. The Bertz CT molecular complexity index is 276. The maximum Gasteiger partial charge on any atom is 0.338 e. The van der Waals surface area contributed by atoms with Crippen LogP contribution in [-0.4, -0.2) is 13.1 Å². The average Bonchev–Trinajstić information content (AvgIpc) is 2.50. The minimum Gasteiger partial charge on any atom is -0.465 e. The maximum absolute atomic E-state index is 11.2. The highest BCUT2D eigenvalue weighted by molar-refractivity contribution is 7.10. The molecule has 12 heavy (non-hydrogen) atoms. The van der Waals surface area contributed by atoms with E-state index in [0.717, 1.165) is 4.88 Å². The Labute approximate surface area is 76.2 Å². The third kappa shape index (κ3) is 1.67. The molecule has 0 saturated carbocycles. The van der Waals surface area contributed by atoms with E-state index in [1.807, 2.05) is 11.4 Å². The topological polar surface area (TPSA) is 26.3 Å². The minimum absolute atomic E-state index is 0.236. The highest BCUT2D eigenvalue weighted by Gasteiger charge is 2.14. The van der Waals surface area contributed by atoms with E-state index >= 15 is 0 Å². The molecule has 1 aromatic rings. The molecule has 0 fully saturated rings. The van der Waals surface area contributed by atoms with Crippen molar-refractivity contribution < 1.29 is 9.53 Å². The largest absolute Gasteiger partial charge is 0.465 e. The van der Waals surface area contributed by atoms with Gasteiger partial charge >= 0.3 is 5.97 Å². The van der Waals surface area contributed by atoms with Gasteiger partial charge < -0.3 is 4.74 Å². The second-order valence-corrected chi connectivity index (χ2v) is 3.79. The Hall–Kier alpha value is -0.830. The number of carbonyl (C=O) groups excluding carboxylic acids is 1. The molecule has 66 valence electrons. The first-order valence-corrected chi connectivity index (χ1v) is 4.70. The molecule has 0 amide bonds. The van der Waals surface area contributed by atoms with E-state index in [0.29, 0.717) is 11.5 Å². The zero-order chi connectivity index (χ0) is 9.14. The van der Waals surface area contributed by atoms with Crippen molar-refractivity contribution >= 4 is 17.3 Å². The number of hydrogen-bond acceptors (Lipinski definition) is 3. The third-order valence-electron chi connectivity index (χ3n) is 1.62. The average molecular weight is 184 g/mol. The molecule has 0 aliphatic rings. The number of esters is 1. The van der Waals surface area contributed by atoms with E-state index in [9.17, 15) is 4.79 Å². The second-order valence-electron chi connectivity index (χ2n) is 2.84. The molecule has 0 saturated heterocycles. The lowest BCUT2D eigenvalue weighted by atomic mass is 10.1. The van der Waals surface area contributed by atoms with Gasteiger partial charge in [0, 0.05) is 4.88 Å². The smallest absolute Gasteiger partial charge is 0.338 e. The summed E-state index contributed by atoms with van der Waals surface area (Å²) in [5.74, 6) is 0.152. The van der Waals surface area contributed by atoms with Crippen LogP contribution < -0.4 is 0 Å². The zero-order valence-corrected chi connectivity index (χ0v) is 8.27. The Balaban J connectivity index is 2.99. The molecule has 2 nitrogen and oxygen atoms in total. The molecule has 3 heteroatoms. The molecule has 1 aromatic heterocycles. The van der Waals surface area contributed by atoms with Crippen LogP contribution >= 0.6 is 11.3 Å². The Kier molecular flexibility index (Phi) is 2.87. The van der Waals surface area contributed by atoms with Gasteiger partial charge in [0.2, 0.25) is 0 Å². The van der Waals surface area contributed by atoms with Crippen molar-refractivity contribution in [2.24, 2.45) is 0 Å². The van der Waals surface area contributed by atoms with Gasteiger partial charge in [0.1, 0.15) is 0 Å². The van der Waals surface area contributed by atoms with Crippen LogP contribution in [-0.2, 0) is 4.74 Å². The lowest BCUT2D eigenvalue weighted by Gasteiger charge is -2.03. The van der Waals surface area contributed by atoms with E-state index in [-0.39, 0.29) is 5.97 Å². The number of thiophene rings is 1. The van der Waals surface area contributed by atoms with Gasteiger partial charge in [-0.25, -0.2) is 4.79 Å². The van der Waals surface area contributed by atoms with E-state index in [1.165, 1.54) is 7.11 Å². The van der Waals surface area contributed by atoms with Crippen molar-refractivity contribution in [1.29, 1.82) is 0 Å². The van der Waals surface area contributed by atoms with Gasteiger partial charge in [0.05, 0.1) is 12.7 Å². The summed E-state index contributed by atoms with van der Waals surface area (Å²) in [5, 5.41) is 1.92. The summed E-state index contributed by atoms with van der Waals surface area (Å²) in [5.41, 5.74) is 0.706. The van der Waals surface area contributed by atoms with Crippen molar-refractivity contribution in [1.82, 2.24) is 0 Å². The molecule has 0 unspecified atom stereocenters. The van der Waals surface area contributed by atoms with Crippen LogP contribution in [0.1, 0.15) is 35.0 Å². The van der Waals surface area contributed by atoms with Gasteiger partial charge in [-0.2, -0.15) is 0 Å². The summed E-state index contributed by atoms with van der Waals surface area (Å²) in [7, 11) is 1.41. The van der Waals surface area contributed by atoms with Crippen molar-refractivity contribution in [2.45, 2.75) is 19.8 Å². The van der Waals surface area contributed by atoms with Gasteiger partial charge in [-0.3, -0.25) is 0 Å². The van der Waals surface area contributed by atoms with Gasteiger partial charge in [-0.1, -0.05) is 13.8 Å². The first-order valence-electron chi connectivity index (χ1n) is 3.82. The molecule has 0 spiro atoms. The summed E-state index contributed by atoms with van der Waals surface area (Å²) < 4.78 is 4.65. The summed E-state index contributed by atoms with van der Waals surface area (Å²) in [6.07, 6.45) is 0. The van der Waals surface area contributed by atoms with Crippen LogP contribution in [0.2, 0.25) is 0 Å². The van der Waals surface area contributed by atoms with Crippen molar-refractivity contribution in [3.63, 3.8) is 0 Å². The molecule has 0 N–H and O–H groups in total. The number of rotatable bonds is 2. The standard InChI is InChI=1S/C9H12O2S/c1-6(2)8-7(4-5-12-8)9(10)11-3/h4-6H,1-3H3. The number of hydrogen-bond donors (Lipinski definition) is 0. The number of carbonyl (C=O) groups is 1. The van der Waals surface area contributed by atoms with E-state index in [1.54, 1.807) is 11.3 Å². The summed E-state index contributed by atoms with van der Waals surface area (Å²) in [6.45, 7) is 4.14. The molecule has 1 heterocycles. The van der Waals surface area contributed by atoms with Crippen LogP contribution in [0.5, 0.6) is 0 Å². The van der Waals surface area contributed by atoms with Gasteiger partial charge in [-0.05, 0) is 17.4 Å². The predicted octanol–water partition coefficient (Wildman–Crippen LogP) is 2.66. The molecule has 0 aliphatic carbocycles. The lowest BCUT2D eigenvalue weighted by Crippen LogP contribution is -2.03. The molecule has 1 rings (SSSR count). The van der Waals surface area contributed by atoms with Gasteiger partial charge in [-0.15, -0.1) is 11.3 Å². The van der Waals surface area contributed by atoms with Gasteiger partial charge in [0.25, 0.3) is 0 Å². The van der Waals surface area contributed by atoms with Gasteiger partial charge in [0.15, 0.2) is 0 Å². The first kappa shape index (κ1) is 9.26. The Morgan fingerprint density at radius 2 is 2.25 bits per heavy atom. The SMILES string of the molecule is COC(=O)c1ccsc1C(C)C. The molecule has 0 aliphatic heterocycles. The molecule has 0 bridgehead atoms. The fraction of sp³-hybridized carbons (Fsp3) is 0.444. The van der Waals surface area contributed by atoms with Crippen molar-refractivity contribution in [3.05, 3.63) is 21.9 Å². The fourth-order valence-corrected chi connectivity index (χ4v) is 1.95. The van der Waals surface area contributed by atoms with Crippen LogP contribution in [0.25, 0.3) is 0 Å². The monoisotopic (exact) mass is 184 g/mol. The Morgan fingerprint density at radius 1 is 1.58 bits per heavy atom. The van der Waals surface area contributed by atoms with E-state index in [2.05, 4.69) is 18.6 Å². The predicted molar refractivity (Wildman–Crippen MR) is 49.7 cm³/mol.